The number of halogens is 1. The topological polar surface area (TPSA) is 38.3 Å². The quantitative estimate of drug-likeness (QED) is 0.880. The zero-order valence-electron chi connectivity index (χ0n) is 12.8. The van der Waals surface area contributed by atoms with Crippen LogP contribution in [-0.2, 0) is 11.2 Å². The SMILES string of the molecule is Cc1cccc(O[C@H](C)C(=O)NCCc2ccc(Cl)cc2)c1. The van der Waals surface area contributed by atoms with E-state index in [2.05, 4.69) is 5.32 Å². The van der Waals surface area contributed by atoms with E-state index in [1.165, 1.54) is 0 Å². The Labute approximate surface area is 136 Å². The van der Waals surface area contributed by atoms with Gasteiger partial charge in [-0.15, -0.1) is 0 Å². The minimum Gasteiger partial charge on any atom is -0.481 e. The summed E-state index contributed by atoms with van der Waals surface area (Å²) in [5.74, 6) is 0.593. The summed E-state index contributed by atoms with van der Waals surface area (Å²) in [5.41, 5.74) is 2.24. The highest BCUT2D eigenvalue weighted by atomic mass is 35.5. The number of rotatable bonds is 6. The van der Waals surface area contributed by atoms with Crippen LogP contribution in [0.4, 0.5) is 0 Å². The first-order valence-corrected chi connectivity index (χ1v) is 7.68. The Balaban J connectivity index is 1.77. The van der Waals surface area contributed by atoms with E-state index in [9.17, 15) is 4.79 Å². The molecule has 1 amide bonds. The van der Waals surface area contributed by atoms with Crippen LogP contribution in [0.5, 0.6) is 5.75 Å². The number of nitrogens with one attached hydrogen (secondary N) is 1. The lowest BCUT2D eigenvalue weighted by Crippen LogP contribution is -2.37. The van der Waals surface area contributed by atoms with Crippen LogP contribution in [0.15, 0.2) is 48.5 Å². The molecule has 4 heteroatoms. The van der Waals surface area contributed by atoms with E-state index in [-0.39, 0.29) is 5.91 Å². The molecular weight excluding hydrogens is 298 g/mol. The van der Waals surface area contributed by atoms with Crippen LogP contribution in [-0.4, -0.2) is 18.6 Å². The van der Waals surface area contributed by atoms with Crippen molar-refractivity contribution in [3.8, 4) is 5.75 Å². The molecule has 0 saturated carbocycles. The fourth-order valence-corrected chi connectivity index (χ4v) is 2.20. The molecular formula is C18H20ClNO2. The van der Waals surface area contributed by atoms with Crippen molar-refractivity contribution in [3.63, 3.8) is 0 Å². The van der Waals surface area contributed by atoms with Gasteiger partial charge in [-0.2, -0.15) is 0 Å². The molecule has 0 aliphatic carbocycles. The summed E-state index contributed by atoms with van der Waals surface area (Å²) in [6.07, 6.45) is 0.243. The van der Waals surface area contributed by atoms with Gasteiger partial charge in [0.2, 0.25) is 0 Å². The van der Waals surface area contributed by atoms with E-state index in [0.717, 1.165) is 17.5 Å². The lowest BCUT2D eigenvalue weighted by molar-refractivity contribution is -0.127. The average Bonchev–Trinajstić information content (AvgIpc) is 2.49. The Morgan fingerprint density at radius 3 is 2.64 bits per heavy atom. The third kappa shape index (κ3) is 5.08. The molecule has 1 N–H and O–H groups in total. The number of hydrogen-bond donors (Lipinski definition) is 1. The van der Waals surface area contributed by atoms with Gasteiger partial charge in [0.25, 0.3) is 5.91 Å². The second kappa shape index (κ2) is 7.85. The number of carbonyl (C=O) groups is 1. The molecule has 22 heavy (non-hydrogen) atoms. The molecule has 116 valence electrons. The van der Waals surface area contributed by atoms with Crippen molar-refractivity contribution in [2.45, 2.75) is 26.4 Å². The molecule has 3 nitrogen and oxygen atoms in total. The monoisotopic (exact) mass is 317 g/mol. The molecule has 0 heterocycles. The molecule has 0 spiro atoms. The maximum absolute atomic E-state index is 12.0. The van der Waals surface area contributed by atoms with Gasteiger partial charge in [0.15, 0.2) is 6.10 Å². The minimum absolute atomic E-state index is 0.115. The molecule has 2 aromatic carbocycles. The summed E-state index contributed by atoms with van der Waals surface area (Å²) in [7, 11) is 0. The molecule has 0 saturated heterocycles. The highest BCUT2D eigenvalue weighted by molar-refractivity contribution is 6.30. The molecule has 0 aliphatic rings. The van der Waals surface area contributed by atoms with Crippen molar-refractivity contribution < 1.29 is 9.53 Å². The lowest BCUT2D eigenvalue weighted by Gasteiger charge is -2.15. The van der Waals surface area contributed by atoms with Crippen molar-refractivity contribution in [2.75, 3.05) is 6.54 Å². The maximum atomic E-state index is 12.0. The fraction of sp³-hybridized carbons (Fsp3) is 0.278. The predicted octanol–water partition coefficient (Wildman–Crippen LogP) is 3.77. The normalized spacial score (nSPS) is 11.8. The molecule has 0 fully saturated rings. The van der Waals surface area contributed by atoms with Gasteiger partial charge in [0.1, 0.15) is 5.75 Å². The van der Waals surface area contributed by atoms with Crippen molar-refractivity contribution in [3.05, 3.63) is 64.7 Å². The molecule has 2 rings (SSSR count). The van der Waals surface area contributed by atoms with Crippen LogP contribution in [0.3, 0.4) is 0 Å². The first kappa shape index (κ1) is 16.4. The van der Waals surface area contributed by atoms with Gasteiger partial charge in [0, 0.05) is 11.6 Å². The zero-order chi connectivity index (χ0) is 15.9. The van der Waals surface area contributed by atoms with Crippen LogP contribution in [0.2, 0.25) is 5.02 Å². The Morgan fingerprint density at radius 1 is 1.23 bits per heavy atom. The molecule has 0 radical (unpaired) electrons. The molecule has 0 unspecified atom stereocenters. The highest BCUT2D eigenvalue weighted by Crippen LogP contribution is 2.14. The maximum Gasteiger partial charge on any atom is 0.260 e. The number of ether oxygens (including phenoxy) is 1. The van der Waals surface area contributed by atoms with Crippen molar-refractivity contribution in [1.29, 1.82) is 0 Å². The first-order chi connectivity index (χ1) is 10.5. The van der Waals surface area contributed by atoms with Gasteiger partial charge in [0.05, 0.1) is 0 Å². The lowest BCUT2D eigenvalue weighted by atomic mass is 10.1. The van der Waals surface area contributed by atoms with E-state index in [1.54, 1.807) is 6.92 Å². The van der Waals surface area contributed by atoms with Gasteiger partial charge in [-0.05, 0) is 55.7 Å². The number of aryl methyl sites for hydroxylation is 1. The minimum atomic E-state index is -0.521. The Hall–Kier alpha value is -2.00. The van der Waals surface area contributed by atoms with Crippen molar-refractivity contribution in [2.24, 2.45) is 0 Å². The smallest absolute Gasteiger partial charge is 0.260 e. The van der Waals surface area contributed by atoms with E-state index in [4.69, 9.17) is 16.3 Å². The largest absolute Gasteiger partial charge is 0.481 e. The van der Waals surface area contributed by atoms with Gasteiger partial charge < -0.3 is 10.1 Å². The number of carbonyl (C=O) groups excluding carboxylic acids is 1. The Kier molecular flexibility index (Phi) is 5.84. The van der Waals surface area contributed by atoms with Crippen LogP contribution in [0.25, 0.3) is 0 Å². The molecule has 1 atom stereocenters. The van der Waals surface area contributed by atoms with Gasteiger partial charge in [-0.1, -0.05) is 35.9 Å². The second-order valence-electron chi connectivity index (χ2n) is 5.24. The first-order valence-electron chi connectivity index (χ1n) is 7.30. The predicted molar refractivity (Wildman–Crippen MR) is 89.4 cm³/mol. The standard InChI is InChI=1S/C18H20ClNO2/c1-13-4-3-5-17(12-13)22-14(2)18(21)20-11-10-15-6-8-16(19)9-7-15/h3-9,12,14H,10-11H2,1-2H3,(H,20,21)/t14-/m1/s1. The van der Waals surface area contributed by atoms with Crippen LogP contribution >= 0.6 is 11.6 Å². The van der Waals surface area contributed by atoms with Crippen molar-refractivity contribution in [1.82, 2.24) is 5.32 Å². The van der Waals surface area contributed by atoms with E-state index >= 15 is 0 Å². The third-order valence-electron chi connectivity index (χ3n) is 3.30. The average molecular weight is 318 g/mol. The Bertz CT molecular complexity index is 625. The molecule has 0 aromatic heterocycles. The van der Waals surface area contributed by atoms with Crippen LogP contribution < -0.4 is 10.1 Å². The summed E-state index contributed by atoms with van der Waals surface area (Å²) < 4.78 is 5.65. The molecule has 0 aliphatic heterocycles. The summed E-state index contributed by atoms with van der Waals surface area (Å²) in [5, 5.41) is 3.60. The fourth-order valence-electron chi connectivity index (χ4n) is 2.07. The Morgan fingerprint density at radius 2 is 1.95 bits per heavy atom. The molecule has 2 aromatic rings. The number of hydrogen-bond acceptors (Lipinski definition) is 2. The van der Waals surface area contributed by atoms with Gasteiger partial charge in [-0.3, -0.25) is 4.79 Å². The highest BCUT2D eigenvalue weighted by Gasteiger charge is 2.13. The molecule has 0 bridgehead atoms. The van der Waals surface area contributed by atoms with Crippen LogP contribution in [0.1, 0.15) is 18.1 Å². The summed E-state index contributed by atoms with van der Waals surface area (Å²) in [6, 6.07) is 15.3. The summed E-state index contributed by atoms with van der Waals surface area (Å²) in [4.78, 5) is 12.0. The summed E-state index contributed by atoms with van der Waals surface area (Å²) >= 11 is 5.84. The zero-order valence-corrected chi connectivity index (χ0v) is 13.6. The number of amides is 1. The van der Waals surface area contributed by atoms with E-state index < -0.39 is 6.10 Å². The second-order valence-corrected chi connectivity index (χ2v) is 5.68. The summed E-state index contributed by atoms with van der Waals surface area (Å²) in [6.45, 7) is 4.31. The van der Waals surface area contributed by atoms with E-state index in [1.807, 2.05) is 55.5 Å². The van der Waals surface area contributed by atoms with Gasteiger partial charge >= 0.3 is 0 Å². The number of benzene rings is 2. The van der Waals surface area contributed by atoms with Crippen molar-refractivity contribution >= 4 is 17.5 Å². The van der Waals surface area contributed by atoms with Crippen LogP contribution in [0, 0.1) is 6.92 Å². The third-order valence-corrected chi connectivity index (χ3v) is 3.55. The van der Waals surface area contributed by atoms with Gasteiger partial charge in [-0.25, -0.2) is 0 Å². The van der Waals surface area contributed by atoms with E-state index in [0.29, 0.717) is 17.3 Å².